The molecule has 2 aliphatic rings. The van der Waals surface area contributed by atoms with Crippen molar-refractivity contribution >= 4 is 17.6 Å². The molecule has 0 amide bonds. The van der Waals surface area contributed by atoms with Crippen molar-refractivity contribution in [2.45, 2.75) is 44.6 Å². The fraction of sp³-hybridized carbons (Fsp3) is 0.480. The Balaban J connectivity index is 1.16. The van der Waals surface area contributed by atoms with E-state index in [1.54, 1.807) is 6.20 Å². The van der Waals surface area contributed by atoms with Gasteiger partial charge in [0.05, 0.1) is 0 Å². The quantitative estimate of drug-likeness (QED) is 0.597. The highest BCUT2D eigenvalue weighted by molar-refractivity contribution is 5.55. The van der Waals surface area contributed by atoms with Crippen LogP contribution in [0.3, 0.4) is 0 Å². The molecule has 0 unspecified atom stereocenters. The molecule has 1 aliphatic heterocycles. The summed E-state index contributed by atoms with van der Waals surface area (Å²) in [4.78, 5) is 13.9. The van der Waals surface area contributed by atoms with Gasteiger partial charge in [0.2, 0.25) is 11.9 Å². The van der Waals surface area contributed by atoms with Crippen LogP contribution in [0.2, 0.25) is 0 Å². The molecule has 0 radical (unpaired) electrons. The van der Waals surface area contributed by atoms with E-state index in [0.717, 1.165) is 11.7 Å². The Morgan fingerprint density at radius 2 is 1.73 bits per heavy atom. The second-order valence-electron chi connectivity index (χ2n) is 9.12. The van der Waals surface area contributed by atoms with Gasteiger partial charge >= 0.3 is 0 Å². The molecule has 3 aromatic rings. The van der Waals surface area contributed by atoms with Crippen molar-refractivity contribution in [1.29, 1.82) is 0 Å². The maximum absolute atomic E-state index is 6.03. The fourth-order valence-corrected chi connectivity index (χ4v) is 5.21. The minimum atomic E-state index is 0.306. The van der Waals surface area contributed by atoms with Gasteiger partial charge in [0, 0.05) is 44.1 Å². The summed E-state index contributed by atoms with van der Waals surface area (Å²) in [7, 11) is 0. The molecule has 3 N–H and O–H groups in total. The van der Waals surface area contributed by atoms with Crippen molar-refractivity contribution in [2.75, 3.05) is 43.8 Å². The Kier molecular flexibility index (Phi) is 6.55. The van der Waals surface area contributed by atoms with E-state index in [4.69, 9.17) is 5.73 Å². The van der Waals surface area contributed by atoms with Crippen LogP contribution >= 0.6 is 0 Å². The SMILES string of the molecule is CCN1CCN(C2CCC(c3ccc(Nc4nc(N)n(-c5ccccn5)n4)cc3)CC2)CC1. The van der Waals surface area contributed by atoms with Crippen LogP contribution in [0.15, 0.2) is 48.7 Å². The normalized spacial score (nSPS) is 22.3. The van der Waals surface area contributed by atoms with Crippen LogP contribution in [0.1, 0.15) is 44.1 Å². The molecule has 1 aliphatic carbocycles. The second-order valence-corrected chi connectivity index (χ2v) is 9.12. The lowest BCUT2D eigenvalue weighted by atomic mass is 9.81. The zero-order valence-corrected chi connectivity index (χ0v) is 19.4. The number of rotatable bonds is 6. The zero-order chi connectivity index (χ0) is 22.6. The maximum atomic E-state index is 6.03. The summed E-state index contributed by atoms with van der Waals surface area (Å²) in [5.74, 6) is 2.08. The van der Waals surface area contributed by atoms with E-state index in [-0.39, 0.29) is 0 Å². The van der Waals surface area contributed by atoms with E-state index in [9.17, 15) is 0 Å². The Morgan fingerprint density at radius 3 is 2.39 bits per heavy atom. The number of hydrogen-bond donors (Lipinski definition) is 2. The fourth-order valence-electron chi connectivity index (χ4n) is 5.21. The van der Waals surface area contributed by atoms with Gasteiger partial charge in [-0.05, 0) is 68.0 Å². The first-order valence-electron chi connectivity index (χ1n) is 12.2. The summed E-state index contributed by atoms with van der Waals surface area (Å²) in [5.41, 5.74) is 8.42. The van der Waals surface area contributed by atoms with Crippen molar-refractivity contribution in [1.82, 2.24) is 29.5 Å². The zero-order valence-electron chi connectivity index (χ0n) is 19.4. The highest BCUT2D eigenvalue weighted by Crippen LogP contribution is 2.35. The summed E-state index contributed by atoms with van der Waals surface area (Å²) in [5, 5.41) is 7.71. The Morgan fingerprint density at radius 1 is 0.970 bits per heavy atom. The first-order valence-corrected chi connectivity index (χ1v) is 12.2. The van der Waals surface area contributed by atoms with Gasteiger partial charge in [0.25, 0.3) is 0 Å². The topological polar surface area (TPSA) is 88.1 Å². The van der Waals surface area contributed by atoms with E-state index < -0.39 is 0 Å². The molecule has 2 aromatic heterocycles. The van der Waals surface area contributed by atoms with Gasteiger partial charge in [-0.25, -0.2) is 4.98 Å². The molecule has 1 aromatic carbocycles. The number of benzene rings is 1. The molecule has 8 heteroatoms. The third-order valence-electron chi connectivity index (χ3n) is 7.20. The lowest BCUT2D eigenvalue weighted by Crippen LogP contribution is -2.50. The van der Waals surface area contributed by atoms with Crippen LogP contribution in [0, 0.1) is 0 Å². The third kappa shape index (κ3) is 5.02. The van der Waals surface area contributed by atoms with Crippen LogP contribution in [-0.4, -0.2) is 68.3 Å². The lowest BCUT2D eigenvalue weighted by molar-refractivity contribution is 0.0787. The van der Waals surface area contributed by atoms with E-state index in [1.165, 1.54) is 68.7 Å². The molecule has 5 rings (SSSR count). The van der Waals surface area contributed by atoms with Gasteiger partial charge in [0.1, 0.15) is 0 Å². The second kappa shape index (κ2) is 9.89. The summed E-state index contributed by atoms with van der Waals surface area (Å²) in [6.45, 7) is 8.37. The number of piperazine rings is 1. The average molecular weight is 447 g/mol. The highest BCUT2D eigenvalue weighted by atomic mass is 15.4. The van der Waals surface area contributed by atoms with Crippen molar-refractivity contribution in [3.05, 3.63) is 54.2 Å². The molecule has 3 heterocycles. The Hall–Kier alpha value is -2.97. The van der Waals surface area contributed by atoms with E-state index in [0.29, 0.717) is 23.6 Å². The molecular weight excluding hydrogens is 412 g/mol. The third-order valence-corrected chi connectivity index (χ3v) is 7.20. The number of hydrogen-bond acceptors (Lipinski definition) is 7. The summed E-state index contributed by atoms with van der Waals surface area (Å²) in [6.07, 6.45) is 6.88. The van der Waals surface area contributed by atoms with Crippen LogP contribution in [0.4, 0.5) is 17.6 Å². The van der Waals surface area contributed by atoms with Gasteiger partial charge in [-0.2, -0.15) is 9.67 Å². The number of pyridine rings is 1. The molecule has 33 heavy (non-hydrogen) atoms. The van der Waals surface area contributed by atoms with Crippen LogP contribution in [0.25, 0.3) is 5.82 Å². The van der Waals surface area contributed by atoms with Crippen molar-refractivity contribution in [3.8, 4) is 5.82 Å². The predicted molar refractivity (Wildman–Crippen MR) is 132 cm³/mol. The average Bonchev–Trinajstić information content (AvgIpc) is 3.25. The van der Waals surface area contributed by atoms with Crippen LogP contribution in [-0.2, 0) is 0 Å². The molecule has 0 spiro atoms. The summed E-state index contributed by atoms with van der Waals surface area (Å²) < 4.78 is 1.54. The standard InChI is InChI=1S/C25H34N8/c1-2-31-15-17-32(18-16-31)22-12-8-20(9-13-22)19-6-10-21(11-7-19)28-25-29-24(26)33(30-25)23-5-3-4-14-27-23/h3-7,10-11,14,20,22H,2,8-9,12-13,15-18H2,1H3,(H3,26,28,29,30). The number of likely N-dealkylation sites (N-methyl/N-ethyl adjacent to an activating group) is 1. The lowest BCUT2D eigenvalue weighted by Gasteiger charge is -2.41. The number of nitrogen functional groups attached to an aromatic ring is 1. The molecule has 8 nitrogen and oxygen atoms in total. The van der Waals surface area contributed by atoms with Gasteiger partial charge in [-0.3, -0.25) is 4.90 Å². The van der Waals surface area contributed by atoms with Crippen molar-refractivity contribution in [2.24, 2.45) is 0 Å². The van der Waals surface area contributed by atoms with Crippen molar-refractivity contribution in [3.63, 3.8) is 0 Å². The van der Waals surface area contributed by atoms with E-state index >= 15 is 0 Å². The predicted octanol–water partition coefficient (Wildman–Crippen LogP) is 3.65. The number of anilines is 3. The maximum Gasteiger partial charge on any atom is 0.248 e. The molecule has 2 fully saturated rings. The molecule has 1 saturated heterocycles. The first-order chi connectivity index (χ1) is 16.2. The van der Waals surface area contributed by atoms with Gasteiger partial charge in [0.15, 0.2) is 5.82 Å². The van der Waals surface area contributed by atoms with Crippen molar-refractivity contribution < 1.29 is 0 Å². The summed E-state index contributed by atoms with van der Waals surface area (Å²) in [6, 6.07) is 15.1. The monoisotopic (exact) mass is 446 g/mol. The summed E-state index contributed by atoms with van der Waals surface area (Å²) >= 11 is 0. The molecule has 0 bridgehead atoms. The van der Waals surface area contributed by atoms with Crippen LogP contribution < -0.4 is 11.1 Å². The largest absolute Gasteiger partial charge is 0.368 e. The van der Waals surface area contributed by atoms with Gasteiger partial charge < -0.3 is 16.0 Å². The molecule has 174 valence electrons. The van der Waals surface area contributed by atoms with Gasteiger partial charge in [-0.1, -0.05) is 25.1 Å². The number of aromatic nitrogens is 4. The van der Waals surface area contributed by atoms with Crippen LogP contribution in [0.5, 0.6) is 0 Å². The number of nitrogens with one attached hydrogen (secondary N) is 1. The Labute approximate surface area is 195 Å². The Bertz CT molecular complexity index is 1020. The molecule has 1 saturated carbocycles. The highest BCUT2D eigenvalue weighted by Gasteiger charge is 2.28. The number of nitrogens with zero attached hydrogens (tertiary/aromatic N) is 6. The smallest absolute Gasteiger partial charge is 0.248 e. The number of nitrogens with two attached hydrogens (primary N) is 1. The minimum Gasteiger partial charge on any atom is -0.368 e. The molecular formula is C25H34N8. The van der Waals surface area contributed by atoms with Gasteiger partial charge in [-0.15, -0.1) is 5.10 Å². The van der Waals surface area contributed by atoms with E-state index in [2.05, 4.69) is 61.4 Å². The molecule has 0 atom stereocenters. The van der Waals surface area contributed by atoms with E-state index in [1.807, 2.05) is 18.2 Å². The minimum absolute atomic E-state index is 0.306. The first kappa shape index (κ1) is 21.9.